The van der Waals surface area contributed by atoms with Crippen LogP contribution >= 0.6 is 0 Å². The van der Waals surface area contributed by atoms with Gasteiger partial charge in [0, 0.05) is 12.3 Å². The number of sulfone groups is 1. The molecule has 3 atom stereocenters. The van der Waals surface area contributed by atoms with E-state index in [0.717, 1.165) is 5.57 Å². The van der Waals surface area contributed by atoms with Crippen LogP contribution in [0.4, 0.5) is 4.39 Å². The van der Waals surface area contributed by atoms with Gasteiger partial charge >= 0.3 is 0 Å². The number of fused-ring (bicyclic) bond motifs is 1. The molecule has 0 radical (unpaired) electrons. The van der Waals surface area contributed by atoms with Crippen molar-refractivity contribution in [3.05, 3.63) is 22.6 Å². The molecule has 17 heavy (non-hydrogen) atoms. The van der Waals surface area contributed by atoms with Gasteiger partial charge in [0.1, 0.15) is 0 Å². The number of hydrogen-bond donors (Lipinski definition) is 0. The summed E-state index contributed by atoms with van der Waals surface area (Å²) in [6, 6.07) is 0. The summed E-state index contributed by atoms with van der Waals surface area (Å²) in [7, 11) is -3.77. The third kappa shape index (κ3) is 1.68. The lowest BCUT2D eigenvalue weighted by molar-refractivity contribution is 0.229. The van der Waals surface area contributed by atoms with Crippen LogP contribution in [0.25, 0.3) is 0 Å². The minimum absolute atomic E-state index is 0.0925. The summed E-state index contributed by atoms with van der Waals surface area (Å²) in [5.74, 6) is 0.284. The van der Waals surface area contributed by atoms with Gasteiger partial charge in [-0.15, -0.1) is 0 Å². The molecule has 0 N–H and O–H groups in total. The SMILES string of the molecule is CC1=CC=C2C(CC(C)(F)S2(=O)=O)C1C(C)C. The van der Waals surface area contributed by atoms with Gasteiger partial charge < -0.3 is 0 Å². The van der Waals surface area contributed by atoms with Crippen LogP contribution in [-0.4, -0.2) is 13.4 Å². The Morgan fingerprint density at radius 1 is 1.41 bits per heavy atom. The third-order valence-electron chi connectivity index (χ3n) is 4.01. The van der Waals surface area contributed by atoms with Gasteiger partial charge in [0.25, 0.3) is 0 Å². The quantitative estimate of drug-likeness (QED) is 0.723. The van der Waals surface area contributed by atoms with E-state index in [1.807, 2.05) is 13.0 Å². The highest BCUT2D eigenvalue weighted by Gasteiger charge is 2.55. The van der Waals surface area contributed by atoms with Crippen molar-refractivity contribution in [2.24, 2.45) is 17.8 Å². The third-order valence-corrected chi connectivity index (χ3v) is 6.36. The zero-order valence-electron chi connectivity index (χ0n) is 10.7. The Morgan fingerprint density at radius 3 is 2.53 bits per heavy atom. The molecule has 1 aliphatic carbocycles. The van der Waals surface area contributed by atoms with Crippen molar-refractivity contribution in [3.63, 3.8) is 0 Å². The van der Waals surface area contributed by atoms with Gasteiger partial charge in [-0.3, -0.25) is 0 Å². The molecule has 1 saturated heterocycles. The van der Waals surface area contributed by atoms with E-state index in [-0.39, 0.29) is 18.3 Å². The molecular formula is C13H19FO2S. The molecule has 2 nitrogen and oxygen atoms in total. The van der Waals surface area contributed by atoms with E-state index >= 15 is 0 Å². The van der Waals surface area contributed by atoms with Gasteiger partial charge in [0.05, 0.1) is 4.91 Å². The minimum atomic E-state index is -3.77. The van der Waals surface area contributed by atoms with Crippen molar-refractivity contribution in [1.29, 1.82) is 0 Å². The van der Waals surface area contributed by atoms with Gasteiger partial charge in [-0.1, -0.05) is 25.5 Å². The number of allylic oxidation sites excluding steroid dienone is 4. The molecule has 1 fully saturated rings. The second kappa shape index (κ2) is 3.67. The summed E-state index contributed by atoms with van der Waals surface area (Å²) in [6.45, 7) is 7.31. The van der Waals surface area contributed by atoms with E-state index in [0.29, 0.717) is 10.8 Å². The maximum Gasteiger partial charge on any atom is 0.212 e. The summed E-state index contributed by atoms with van der Waals surface area (Å²) in [4.78, 5) is 0.298. The number of rotatable bonds is 1. The molecule has 2 rings (SSSR count). The molecular weight excluding hydrogens is 239 g/mol. The van der Waals surface area contributed by atoms with Crippen molar-refractivity contribution >= 4 is 9.84 Å². The molecule has 0 saturated carbocycles. The Labute approximate surface area is 103 Å². The van der Waals surface area contributed by atoms with Gasteiger partial charge in [0.2, 0.25) is 14.8 Å². The first kappa shape index (κ1) is 12.8. The second-order valence-corrected chi connectivity index (χ2v) is 7.99. The van der Waals surface area contributed by atoms with Gasteiger partial charge in [0.15, 0.2) is 0 Å². The predicted octanol–water partition coefficient (Wildman–Crippen LogP) is 3.22. The molecule has 0 aromatic heterocycles. The topological polar surface area (TPSA) is 34.1 Å². The molecule has 1 heterocycles. The van der Waals surface area contributed by atoms with E-state index in [2.05, 4.69) is 13.8 Å². The Morgan fingerprint density at radius 2 is 2.00 bits per heavy atom. The van der Waals surface area contributed by atoms with E-state index in [1.165, 1.54) is 6.92 Å². The van der Waals surface area contributed by atoms with Crippen molar-refractivity contribution in [2.75, 3.05) is 0 Å². The lowest BCUT2D eigenvalue weighted by atomic mass is 9.74. The van der Waals surface area contributed by atoms with Gasteiger partial charge in [-0.25, -0.2) is 12.8 Å². The Kier molecular flexibility index (Phi) is 2.77. The van der Waals surface area contributed by atoms with Crippen LogP contribution < -0.4 is 0 Å². The zero-order chi connectivity index (χ0) is 13.0. The summed E-state index contributed by atoms with van der Waals surface area (Å²) < 4.78 is 38.3. The molecule has 1 aliphatic heterocycles. The number of hydrogen-bond acceptors (Lipinski definition) is 2. The molecule has 2 aliphatic rings. The highest BCUT2D eigenvalue weighted by molar-refractivity contribution is 7.96. The zero-order valence-corrected chi connectivity index (χ0v) is 11.5. The first-order valence-corrected chi connectivity index (χ1v) is 7.48. The average molecular weight is 258 g/mol. The molecule has 96 valence electrons. The van der Waals surface area contributed by atoms with Crippen LogP contribution in [0.15, 0.2) is 22.6 Å². The molecule has 0 amide bonds. The van der Waals surface area contributed by atoms with E-state index in [4.69, 9.17) is 0 Å². The fourth-order valence-electron chi connectivity index (χ4n) is 3.20. The Bertz CT molecular complexity index is 498. The van der Waals surface area contributed by atoms with Crippen LogP contribution in [0.1, 0.15) is 34.1 Å². The van der Waals surface area contributed by atoms with Crippen molar-refractivity contribution in [1.82, 2.24) is 0 Å². The maximum absolute atomic E-state index is 14.2. The molecule has 0 aromatic carbocycles. The van der Waals surface area contributed by atoms with Crippen LogP contribution in [-0.2, 0) is 9.84 Å². The first-order valence-electron chi connectivity index (χ1n) is 6.00. The van der Waals surface area contributed by atoms with Crippen LogP contribution in [0.3, 0.4) is 0 Å². The molecule has 0 spiro atoms. The lowest BCUT2D eigenvalue weighted by Crippen LogP contribution is -2.24. The minimum Gasteiger partial charge on any atom is -0.226 e. The first-order chi connectivity index (χ1) is 7.68. The molecule has 0 bridgehead atoms. The fraction of sp³-hybridized carbons (Fsp3) is 0.692. The van der Waals surface area contributed by atoms with E-state index < -0.39 is 14.8 Å². The average Bonchev–Trinajstić information content (AvgIpc) is 2.32. The fourth-order valence-corrected chi connectivity index (χ4v) is 4.96. The van der Waals surface area contributed by atoms with Crippen molar-refractivity contribution in [3.8, 4) is 0 Å². The van der Waals surface area contributed by atoms with Crippen molar-refractivity contribution in [2.45, 2.75) is 39.1 Å². The molecule has 0 aromatic rings. The normalized spacial score (nSPS) is 39.9. The standard InChI is InChI=1S/C13H19FO2S/c1-8(2)12-9(3)5-6-11-10(12)7-13(4,14)17(11,15)16/h5-6,8,10,12H,7H2,1-4H3. The predicted molar refractivity (Wildman–Crippen MR) is 66.7 cm³/mol. The summed E-state index contributed by atoms with van der Waals surface area (Å²) in [5.41, 5.74) is 1.15. The van der Waals surface area contributed by atoms with E-state index in [1.54, 1.807) is 6.08 Å². The summed E-state index contributed by atoms with van der Waals surface area (Å²) in [6.07, 6.45) is 3.52. The number of alkyl halides is 1. The van der Waals surface area contributed by atoms with Crippen LogP contribution in [0.2, 0.25) is 0 Å². The Hall–Kier alpha value is -0.640. The van der Waals surface area contributed by atoms with Crippen LogP contribution in [0, 0.1) is 17.8 Å². The highest BCUT2D eigenvalue weighted by atomic mass is 32.2. The summed E-state index contributed by atoms with van der Waals surface area (Å²) >= 11 is 0. The lowest BCUT2D eigenvalue weighted by Gasteiger charge is -2.30. The maximum atomic E-state index is 14.2. The monoisotopic (exact) mass is 258 g/mol. The van der Waals surface area contributed by atoms with Crippen LogP contribution in [0.5, 0.6) is 0 Å². The number of halogens is 1. The Balaban J connectivity index is 2.54. The molecule has 3 unspecified atom stereocenters. The highest BCUT2D eigenvalue weighted by Crippen LogP contribution is 2.52. The smallest absolute Gasteiger partial charge is 0.212 e. The largest absolute Gasteiger partial charge is 0.226 e. The summed E-state index contributed by atoms with van der Waals surface area (Å²) in [5, 5.41) is -2.10. The van der Waals surface area contributed by atoms with E-state index in [9.17, 15) is 12.8 Å². The molecule has 4 heteroatoms. The van der Waals surface area contributed by atoms with Crippen molar-refractivity contribution < 1.29 is 12.8 Å². The second-order valence-electron chi connectivity index (χ2n) is 5.67. The van der Waals surface area contributed by atoms with Gasteiger partial charge in [-0.05, 0) is 31.8 Å². The van der Waals surface area contributed by atoms with Gasteiger partial charge in [-0.2, -0.15) is 0 Å².